The molecule has 0 saturated carbocycles. The van der Waals surface area contributed by atoms with Crippen molar-refractivity contribution in [2.45, 2.75) is 88.0 Å². The molecule has 0 radical (unpaired) electrons. The third kappa shape index (κ3) is 6.28. The monoisotopic (exact) mass is 816 g/mol. The molecule has 9 aliphatic rings. The maximum atomic E-state index is 2.74. The molecular weight excluding hydrogens is 761 g/mol. The van der Waals surface area contributed by atoms with Gasteiger partial charge in [0.2, 0.25) is 0 Å². The molecule has 0 amide bonds. The SMILES string of the molecule is C1=CCCC(C2=CCCC(N(C3=CC4C(C=C3)c3ccccc3C43C4=C(C=CCC4)c4c(N(C5=CCCC=C5)c5ccccc5C5=CCCC=C5)cccc43)C3C=CC=CC3)=C2)=C1. The second-order valence-corrected chi connectivity index (χ2v) is 18.5. The minimum Gasteiger partial charge on any atom is -0.338 e. The lowest BCUT2D eigenvalue weighted by Crippen LogP contribution is -2.38. The molecule has 2 heteroatoms. The molecule has 0 saturated heterocycles. The minimum absolute atomic E-state index is 0.228. The molecule has 310 valence electrons. The second kappa shape index (κ2) is 16.1. The van der Waals surface area contributed by atoms with Crippen LogP contribution in [0.3, 0.4) is 0 Å². The van der Waals surface area contributed by atoms with Gasteiger partial charge in [-0.25, -0.2) is 0 Å². The van der Waals surface area contributed by atoms with Gasteiger partial charge in [-0.05, 0) is 146 Å². The van der Waals surface area contributed by atoms with Crippen molar-refractivity contribution in [3.8, 4) is 0 Å². The number of hydrogen-bond acceptors (Lipinski definition) is 2. The topological polar surface area (TPSA) is 6.48 Å². The second-order valence-electron chi connectivity index (χ2n) is 18.5. The predicted octanol–water partition coefficient (Wildman–Crippen LogP) is 15.4. The van der Waals surface area contributed by atoms with Crippen molar-refractivity contribution in [3.05, 3.63) is 250 Å². The zero-order valence-electron chi connectivity index (χ0n) is 36.3. The highest BCUT2D eigenvalue weighted by molar-refractivity contribution is 5.98. The maximum absolute atomic E-state index is 2.74. The van der Waals surface area contributed by atoms with E-state index in [-0.39, 0.29) is 23.3 Å². The highest BCUT2D eigenvalue weighted by atomic mass is 15.2. The molecule has 0 N–H and O–H groups in total. The van der Waals surface area contributed by atoms with Crippen LogP contribution < -0.4 is 4.90 Å². The third-order valence-electron chi connectivity index (χ3n) is 15.1. The van der Waals surface area contributed by atoms with Crippen LogP contribution >= 0.6 is 0 Å². The summed E-state index contributed by atoms with van der Waals surface area (Å²) in [5.41, 5.74) is 20.7. The van der Waals surface area contributed by atoms with Gasteiger partial charge in [-0.2, -0.15) is 0 Å². The van der Waals surface area contributed by atoms with E-state index in [0.717, 1.165) is 70.6 Å². The number of hydrogen-bond donors (Lipinski definition) is 0. The third-order valence-corrected chi connectivity index (χ3v) is 15.1. The summed E-state index contributed by atoms with van der Waals surface area (Å²) in [7, 11) is 0. The molecule has 1 spiro atoms. The molecule has 0 heterocycles. The number of allylic oxidation sites excluding steroid dienone is 24. The highest BCUT2D eigenvalue weighted by Gasteiger charge is 2.59. The van der Waals surface area contributed by atoms with Gasteiger partial charge in [0.05, 0.1) is 22.8 Å². The summed E-state index contributed by atoms with van der Waals surface area (Å²) in [6.45, 7) is 0. The highest BCUT2D eigenvalue weighted by Crippen LogP contribution is 2.67. The van der Waals surface area contributed by atoms with Crippen LogP contribution in [0.1, 0.15) is 104 Å². The van der Waals surface area contributed by atoms with Crippen LogP contribution in [-0.2, 0) is 5.41 Å². The van der Waals surface area contributed by atoms with Gasteiger partial charge in [0.25, 0.3) is 0 Å². The first kappa shape index (κ1) is 38.3. The fourth-order valence-electron chi connectivity index (χ4n) is 12.5. The van der Waals surface area contributed by atoms with Crippen molar-refractivity contribution in [3.63, 3.8) is 0 Å². The van der Waals surface area contributed by atoms with E-state index in [9.17, 15) is 0 Å². The lowest BCUT2D eigenvalue weighted by molar-refractivity contribution is 0.343. The average molecular weight is 817 g/mol. The molecule has 4 atom stereocenters. The molecule has 0 aliphatic heterocycles. The molecule has 4 unspecified atom stereocenters. The summed E-state index contributed by atoms with van der Waals surface area (Å²) in [6.07, 6.45) is 60.0. The fourth-order valence-corrected chi connectivity index (χ4v) is 12.5. The normalized spacial score (nSPS) is 26.0. The van der Waals surface area contributed by atoms with Crippen LogP contribution in [0, 0.1) is 5.92 Å². The molecular formula is C61H56N2. The first-order valence-electron chi connectivity index (χ1n) is 23.8. The molecule has 12 rings (SSSR count). The molecule has 63 heavy (non-hydrogen) atoms. The number of rotatable bonds is 8. The van der Waals surface area contributed by atoms with Crippen LogP contribution in [0.25, 0.3) is 11.1 Å². The number of benzene rings is 3. The van der Waals surface area contributed by atoms with Gasteiger partial charge in [-0.15, -0.1) is 0 Å². The van der Waals surface area contributed by atoms with Gasteiger partial charge in [-0.1, -0.05) is 158 Å². The molecule has 0 bridgehead atoms. The average Bonchev–Trinajstić information content (AvgIpc) is 3.83. The van der Waals surface area contributed by atoms with Gasteiger partial charge in [0, 0.05) is 40.1 Å². The Bertz CT molecular complexity index is 2840. The summed E-state index contributed by atoms with van der Waals surface area (Å²) in [5.74, 6) is 0.509. The van der Waals surface area contributed by atoms with Gasteiger partial charge < -0.3 is 9.80 Å². The Hall–Kier alpha value is -6.38. The Balaban J connectivity index is 1.06. The van der Waals surface area contributed by atoms with Gasteiger partial charge >= 0.3 is 0 Å². The number of para-hydroxylation sites is 1. The van der Waals surface area contributed by atoms with Crippen molar-refractivity contribution < 1.29 is 0 Å². The van der Waals surface area contributed by atoms with Crippen LogP contribution in [0.2, 0.25) is 0 Å². The van der Waals surface area contributed by atoms with Crippen molar-refractivity contribution in [2.24, 2.45) is 5.92 Å². The first-order chi connectivity index (χ1) is 31.3. The Morgan fingerprint density at radius 2 is 1.40 bits per heavy atom. The van der Waals surface area contributed by atoms with Gasteiger partial charge in [-0.3, -0.25) is 0 Å². The van der Waals surface area contributed by atoms with Crippen LogP contribution in [0.4, 0.5) is 11.4 Å². The smallest absolute Gasteiger partial charge is 0.0556 e. The molecule has 2 nitrogen and oxygen atoms in total. The van der Waals surface area contributed by atoms with Crippen molar-refractivity contribution in [2.75, 3.05) is 4.90 Å². The molecule has 0 fully saturated rings. The Labute approximate surface area is 374 Å². The summed E-state index contributed by atoms with van der Waals surface area (Å²) in [4.78, 5) is 5.34. The van der Waals surface area contributed by atoms with E-state index >= 15 is 0 Å². The Morgan fingerprint density at radius 1 is 0.571 bits per heavy atom. The summed E-state index contributed by atoms with van der Waals surface area (Å²) in [6, 6.07) is 26.2. The van der Waals surface area contributed by atoms with E-state index < -0.39 is 0 Å². The number of fused-ring (bicyclic) bond motifs is 9. The quantitative estimate of drug-likeness (QED) is 0.223. The van der Waals surface area contributed by atoms with Crippen LogP contribution in [0.15, 0.2) is 222 Å². The summed E-state index contributed by atoms with van der Waals surface area (Å²) >= 11 is 0. The molecule has 9 aliphatic carbocycles. The molecule has 0 aromatic heterocycles. The standard InChI is InChI=1S/C61H56N2/c1-5-21-43(22-6-1)45-25-19-30-48(41-45)62(46-26-9-3-10-27-46)49-39-40-52-51-32-13-16-34-54(51)61(57(52)42-49)55-35-17-14-33-53(55)60-56(61)36-20-38-59(60)63(47-28-11-4-12-29-47)58-37-18-15-31-50(58)44-23-7-2-8-24-44/h1,3,5,7,9-11,13-16,18,20-21,23-26,28-29,31-34,36-42,46,52,57H,2,4,6,8,12,17,19,22,27,30,35H2. The maximum Gasteiger partial charge on any atom is 0.0556 e. The fraction of sp³-hybridized carbons (Fsp3) is 0.246. The minimum atomic E-state index is -0.293. The van der Waals surface area contributed by atoms with Gasteiger partial charge in [0.1, 0.15) is 0 Å². The van der Waals surface area contributed by atoms with Crippen LogP contribution in [-0.4, -0.2) is 10.9 Å². The molecule has 3 aromatic carbocycles. The van der Waals surface area contributed by atoms with Crippen molar-refractivity contribution in [1.29, 1.82) is 0 Å². The number of anilines is 2. The zero-order valence-corrected chi connectivity index (χ0v) is 36.3. The van der Waals surface area contributed by atoms with E-state index in [1.54, 1.807) is 5.57 Å². The Morgan fingerprint density at radius 3 is 2.25 bits per heavy atom. The van der Waals surface area contributed by atoms with E-state index in [1.807, 2.05) is 0 Å². The Kier molecular flexibility index (Phi) is 9.77. The van der Waals surface area contributed by atoms with E-state index in [1.165, 1.54) is 78.6 Å². The van der Waals surface area contributed by atoms with E-state index in [0.29, 0.717) is 0 Å². The lowest BCUT2D eigenvalue weighted by Gasteiger charge is -2.42. The lowest BCUT2D eigenvalue weighted by atomic mass is 9.63. The van der Waals surface area contributed by atoms with Crippen molar-refractivity contribution in [1.82, 2.24) is 4.90 Å². The zero-order chi connectivity index (χ0) is 41.7. The van der Waals surface area contributed by atoms with Gasteiger partial charge in [0.15, 0.2) is 0 Å². The van der Waals surface area contributed by atoms with Crippen molar-refractivity contribution >= 4 is 22.5 Å². The largest absolute Gasteiger partial charge is 0.338 e. The van der Waals surface area contributed by atoms with E-state index in [4.69, 9.17) is 0 Å². The number of nitrogens with zero attached hydrogens (tertiary/aromatic N) is 2. The van der Waals surface area contributed by atoms with Crippen LogP contribution in [0.5, 0.6) is 0 Å². The summed E-state index contributed by atoms with van der Waals surface area (Å²) in [5, 5.41) is 0. The van der Waals surface area contributed by atoms with E-state index in [2.05, 4.69) is 198 Å². The summed E-state index contributed by atoms with van der Waals surface area (Å²) < 4.78 is 0. The molecule has 3 aromatic rings. The predicted molar refractivity (Wildman–Crippen MR) is 264 cm³/mol. The first-order valence-corrected chi connectivity index (χ1v) is 23.8.